The third-order valence-electron chi connectivity index (χ3n) is 1.80. The first-order valence-electron chi connectivity index (χ1n) is 4.46. The van der Waals surface area contributed by atoms with Gasteiger partial charge in [-0.05, 0) is 12.5 Å². The first-order valence-corrected chi connectivity index (χ1v) is 4.46. The van der Waals surface area contributed by atoms with E-state index in [1.165, 1.54) is 10.9 Å². The lowest BCUT2D eigenvalue weighted by molar-refractivity contribution is -0.366. The lowest BCUT2D eigenvalue weighted by Crippen LogP contribution is -2.59. The summed E-state index contributed by atoms with van der Waals surface area (Å²) in [5.41, 5.74) is 1.30. The SMILES string of the molecule is C/C=C/C(=C\C=[NH+]\[O-])c1cn(C)nc1O. The van der Waals surface area contributed by atoms with Crippen molar-refractivity contribution in [1.82, 2.24) is 9.78 Å². The van der Waals surface area contributed by atoms with Gasteiger partial charge in [0.2, 0.25) is 5.88 Å². The highest BCUT2D eigenvalue weighted by Crippen LogP contribution is 2.23. The second-order valence-electron chi connectivity index (χ2n) is 2.95. The second-order valence-corrected chi connectivity index (χ2v) is 2.95. The summed E-state index contributed by atoms with van der Waals surface area (Å²) in [6.07, 6.45) is 8.10. The highest BCUT2D eigenvalue weighted by molar-refractivity contribution is 5.87. The number of aromatic hydroxyl groups is 1. The minimum Gasteiger partial charge on any atom is -0.625 e. The van der Waals surface area contributed by atoms with Crippen molar-refractivity contribution >= 4 is 11.8 Å². The molecule has 0 aliphatic rings. The summed E-state index contributed by atoms with van der Waals surface area (Å²) in [5.74, 6) is -0.0545. The molecule has 80 valence electrons. The fraction of sp³-hybridized carbons (Fsp3) is 0.200. The Balaban J connectivity index is 3.15. The average Bonchev–Trinajstić information content (AvgIpc) is 2.52. The van der Waals surface area contributed by atoms with E-state index in [9.17, 15) is 10.3 Å². The molecule has 0 aliphatic heterocycles. The van der Waals surface area contributed by atoms with Crippen LogP contribution in [0.1, 0.15) is 12.5 Å². The number of hydrogen-bond donors (Lipinski definition) is 2. The molecule has 1 rings (SSSR count). The molecule has 0 amide bonds. The molecule has 0 fully saturated rings. The van der Waals surface area contributed by atoms with Gasteiger partial charge in [-0.2, -0.15) is 0 Å². The van der Waals surface area contributed by atoms with Gasteiger partial charge in [0, 0.05) is 19.3 Å². The molecule has 5 nitrogen and oxygen atoms in total. The zero-order valence-corrected chi connectivity index (χ0v) is 8.64. The molecule has 0 saturated heterocycles. The van der Waals surface area contributed by atoms with E-state index in [0.717, 1.165) is 0 Å². The van der Waals surface area contributed by atoms with Crippen molar-refractivity contribution in [3.05, 3.63) is 35.2 Å². The number of aryl methyl sites for hydroxylation is 1. The molecule has 1 aromatic rings. The van der Waals surface area contributed by atoms with Crippen LogP contribution in [0.2, 0.25) is 0 Å². The van der Waals surface area contributed by atoms with E-state index in [-0.39, 0.29) is 5.88 Å². The van der Waals surface area contributed by atoms with Gasteiger partial charge in [0.15, 0.2) is 6.21 Å². The number of hydrogen-bond acceptors (Lipinski definition) is 3. The Hall–Kier alpha value is -2.04. The molecule has 0 bridgehead atoms. The van der Waals surface area contributed by atoms with Gasteiger partial charge in [0.1, 0.15) is 0 Å². The Morgan fingerprint density at radius 3 is 2.87 bits per heavy atom. The van der Waals surface area contributed by atoms with Crippen molar-refractivity contribution < 1.29 is 10.3 Å². The maximum atomic E-state index is 10.1. The third-order valence-corrected chi connectivity index (χ3v) is 1.80. The molecule has 0 spiro atoms. The Labute approximate surface area is 87.7 Å². The topological polar surface area (TPSA) is 75.1 Å². The maximum Gasteiger partial charge on any atom is 0.238 e. The second kappa shape index (κ2) is 4.99. The third kappa shape index (κ3) is 2.70. The zero-order chi connectivity index (χ0) is 11.3. The molecule has 15 heavy (non-hydrogen) atoms. The van der Waals surface area contributed by atoms with Gasteiger partial charge in [-0.15, -0.1) is 5.10 Å². The molecule has 0 aromatic carbocycles. The fourth-order valence-electron chi connectivity index (χ4n) is 1.22. The number of nitrogens with one attached hydrogen (secondary N) is 1. The van der Waals surface area contributed by atoms with Crippen LogP contribution < -0.4 is 5.16 Å². The van der Waals surface area contributed by atoms with Crippen molar-refractivity contribution in [2.45, 2.75) is 6.92 Å². The quantitative estimate of drug-likeness (QED) is 0.310. The van der Waals surface area contributed by atoms with E-state index in [1.807, 2.05) is 13.0 Å². The standard InChI is InChI=1S/C10H13N3O2/c1-3-4-8(5-6-11-15)9-7-13(2)12-10(9)14/h3-7,11H,1-2H3,(H-,12,14,15)/b4-3+,8-5+,11-6+. The summed E-state index contributed by atoms with van der Waals surface area (Å²) in [7, 11) is 1.71. The number of aromatic nitrogens is 2. The predicted molar refractivity (Wildman–Crippen MR) is 58.1 cm³/mol. The van der Waals surface area contributed by atoms with Crippen molar-refractivity contribution in [1.29, 1.82) is 0 Å². The van der Waals surface area contributed by atoms with Crippen molar-refractivity contribution in [3.63, 3.8) is 0 Å². The molecular weight excluding hydrogens is 194 g/mol. The number of nitrogens with zero attached hydrogens (tertiary/aromatic N) is 2. The summed E-state index contributed by atoms with van der Waals surface area (Å²) >= 11 is 0. The van der Waals surface area contributed by atoms with Crippen LogP contribution in [-0.4, -0.2) is 21.1 Å². The normalized spacial score (nSPS) is 13.1. The van der Waals surface area contributed by atoms with E-state index in [2.05, 4.69) is 5.10 Å². The molecule has 0 unspecified atom stereocenters. The van der Waals surface area contributed by atoms with Crippen molar-refractivity contribution in [3.8, 4) is 5.88 Å². The van der Waals surface area contributed by atoms with Crippen LogP contribution in [0.5, 0.6) is 5.88 Å². The lowest BCUT2D eigenvalue weighted by atomic mass is 10.1. The van der Waals surface area contributed by atoms with Gasteiger partial charge in [-0.25, -0.2) is 5.16 Å². The monoisotopic (exact) mass is 207 g/mol. The van der Waals surface area contributed by atoms with E-state index in [1.54, 1.807) is 30.6 Å². The van der Waals surface area contributed by atoms with Crippen LogP contribution in [0.4, 0.5) is 0 Å². The Kier molecular flexibility index (Phi) is 3.68. The van der Waals surface area contributed by atoms with Crippen LogP contribution in [0.3, 0.4) is 0 Å². The summed E-state index contributed by atoms with van der Waals surface area (Å²) in [6.45, 7) is 1.85. The van der Waals surface area contributed by atoms with Crippen molar-refractivity contribution in [2.24, 2.45) is 7.05 Å². The summed E-state index contributed by atoms with van der Waals surface area (Å²) in [5, 5.41) is 25.1. The molecule has 0 saturated carbocycles. The van der Waals surface area contributed by atoms with Crippen LogP contribution in [0.15, 0.2) is 24.4 Å². The molecule has 0 radical (unpaired) electrons. The zero-order valence-electron chi connectivity index (χ0n) is 8.64. The van der Waals surface area contributed by atoms with Gasteiger partial charge in [0.25, 0.3) is 0 Å². The van der Waals surface area contributed by atoms with Gasteiger partial charge >= 0.3 is 0 Å². The van der Waals surface area contributed by atoms with Gasteiger partial charge < -0.3 is 10.3 Å². The number of rotatable bonds is 3. The Morgan fingerprint density at radius 2 is 2.40 bits per heavy atom. The largest absolute Gasteiger partial charge is 0.625 e. The maximum absolute atomic E-state index is 10.1. The Morgan fingerprint density at radius 1 is 1.67 bits per heavy atom. The van der Waals surface area contributed by atoms with Crippen LogP contribution in [0, 0.1) is 5.21 Å². The van der Waals surface area contributed by atoms with Crippen molar-refractivity contribution in [2.75, 3.05) is 0 Å². The van der Waals surface area contributed by atoms with Gasteiger partial charge in [-0.3, -0.25) is 4.68 Å². The van der Waals surface area contributed by atoms with Crippen LogP contribution in [-0.2, 0) is 7.05 Å². The number of allylic oxidation sites excluding steroid dienone is 4. The predicted octanol–water partition coefficient (Wildman–Crippen LogP) is -0.266. The summed E-state index contributed by atoms with van der Waals surface area (Å²) < 4.78 is 1.51. The van der Waals surface area contributed by atoms with Crippen LogP contribution >= 0.6 is 0 Å². The van der Waals surface area contributed by atoms with E-state index in [0.29, 0.717) is 11.1 Å². The minimum absolute atomic E-state index is 0.0545. The first kappa shape index (κ1) is 11.0. The molecular formula is C10H13N3O2. The molecule has 0 aliphatic carbocycles. The first-order chi connectivity index (χ1) is 7.19. The van der Waals surface area contributed by atoms with E-state index in [4.69, 9.17) is 0 Å². The lowest BCUT2D eigenvalue weighted by Gasteiger charge is -1.95. The van der Waals surface area contributed by atoms with Gasteiger partial charge in [0.05, 0.1) is 5.56 Å². The van der Waals surface area contributed by atoms with Crippen LogP contribution in [0.25, 0.3) is 5.57 Å². The molecule has 0 atom stereocenters. The molecule has 5 heteroatoms. The highest BCUT2D eigenvalue weighted by atomic mass is 16.4. The van der Waals surface area contributed by atoms with E-state index >= 15 is 0 Å². The summed E-state index contributed by atoms with van der Waals surface area (Å²) in [4.78, 5) is 0. The Bertz CT molecular complexity index is 416. The summed E-state index contributed by atoms with van der Waals surface area (Å²) in [6, 6.07) is 0. The molecule has 2 N–H and O–H groups in total. The van der Waals surface area contributed by atoms with Gasteiger partial charge in [-0.1, -0.05) is 12.2 Å². The van der Waals surface area contributed by atoms with E-state index < -0.39 is 0 Å². The molecule has 1 heterocycles. The molecule has 1 aromatic heterocycles. The average molecular weight is 207 g/mol. The highest BCUT2D eigenvalue weighted by Gasteiger charge is 2.08. The fourth-order valence-corrected chi connectivity index (χ4v) is 1.22. The smallest absolute Gasteiger partial charge is 0.238 e. The minimum atomic E-state index is -0.0545.